The number of aryl methyl sites for hydroxylation is 2. The number of fused-ring (bicyclic) bond motifs is 2. The van der Waals surface area contributed by atoms with Crippen LogP contribution in [-0.4, -0.2) is 0 Å². The molecule has 2 aromatic rings. The van der Waals surface area contributed by atoms with Crippen molar-refractivity contribution in [3.63, 3.8) is 0 Å². The molecular weight excluding hydrogens is 230 g/mol. The number of rotatable bonds is 2. The third kappa shape index (κ3) is 1.89. The zero-order valence-corrected chi connectivity index (χ0v) is 11.1. The van der Waals surface area contributed by atoms with Crippen LogP contribution >= 0.6 is 0 Å². The molecule has 0 heterocycles. The van der Waals surface area contributed by atoms with Gasteiger partial charge in [0, 0.05) is 12.1 Å². The summed E-state index contributed by atoms with van der Waals surface area (Å²) in [6, 6.07) is 18.9. The summed E-state index contributed by atoms with van der Waals surface area (Å²) in [5, 5.41) is 3.89. The third-order valence-electron chi connectivity index (χ3n) is 4.67. The minimum absolute atomic E-state index is 0.548. The van der Waals surface area contributed by atoms with Crippen molar-refractivity contribution < 1.29 is 0 Å². The molecule has 1 nitrogen and oxygen atoms in total. The van der Waals surface area contributed by atoms with Crippen LogP contribution in [0, 0.1) is 0 Å². The molecule has 0 spiro atoms. The standard InChI is InChI=1S/C18H19N/c1-3-7-15-13(5-1)9-11-17(15)19-18-12-10-14-6-2-4-8-16(14)18/h1-8,17-19H,9-12H2/t17-,18-/m0/s1. The Morgan fingerprint density at radius 2 is 1.16 bits per heavy atom. The van der Waals surface area contributed by atoms with Crippen LogP contribution in [0.1, 0.15) is 47.2 Å². The van der Waals surface area contributed by atoms with E-state index in [1.54, 1.807) is 0 Å². The predicted octanol–water partition coefficient (Wildman–Crippen LogP) is 3.95. The summed E-state index contributed by atoms with van der Waals surface area (Å²) in [4.78, 5) is 0. The van der Waals surface area contributed by atoms with E-state index in [1.807, 2.05) is 0 Å². The van der Waals surface area contributed by atoms with E-state index in [2.05, 4.69) is 53.8 Å². The van der Waals surface area contributed by atoms with Crippen molar-refractivity contribution in [2.24, 2.45) is 0 Å². The van der Waals surface area contributed by atoms with Crippen molar-refractivity contribution in [1.29, 1.82) is 0 Å². The molecule has 2 aliphatic carbocycles. The lowest BCUT2D eigenvalue weighted by Crippen LogP contribution is -2.23. The number of nitrogens with one attached hydrogen (secondary N) is 1. The van der Waals surface area contributed by atoms with Gasteiger partial charge < -0.3 is 5.32 Å². The average molecular weight is 249 g/mol. The molecule has 2 aliphatic rings. The number of hydrogen-bond acceptors (Lipinski definition) is 1. The van der Waals surface area contributed by atoms with Crippen molar-refractivity contribution in [3.8, 4) is 0 Å². The van der Waals surface area contributed by atoms with E-state index in [4.69, 9.17) is 0 Å². The molecule has 0 radical (unpaired) electrons. The van der Waals surface area contributed by atoms with E-state index in [-0.39, 0.29) is 0 Å². The van der Waals surface area contributed by atoms with Gasteiger partial charge in [-0.05, 0) is 47.9 Å². The Labute approximate surface area is 114 Å². The van der Waals surface area contributed by atoms with Crippen molar-refractivity contribution in [2.75, 3.05) is 0 Å². The van der Waals surface area contributed by atoms with Gasteiger partial charge >= 0.3 is 0 Å². The van der Waals surface area contributed by atoms with Gasteiger partial charge in [0.15, 0.2) is 0 Å². The highest BCUT2D eigenvalue weighted by atomic mass is 15.0. The second-order valence-corrected chi connectivity index (χ2v) is 5.75. The SMILES string of the molecule is c1ccc2c(c1)CC[C@@H]2N[C@H]1CCc2ccccc21. The normalized spacial score (nSPS) is 24.2. The van der Waals surface area contributed by atoms with Crippen molar-refractivity contribution in [2.45, 2.75) is 37.8 Å². The fraction of sp³-hybridized carbons (Fsp3) is 0.333. The van der Waals surface area contributed by atoms with Gasteiger partial charge in [0.25, 0.3) is 0 Å². The van der Waals surface area contributed by atoms with E-state index in [9.17, 15) is 0 Å². The molecule has 1 N–H and O–H groups in total. The molecular formula is C18H19N. The van der Waals surface area contributed by atoms with Crippen LogP contribution < -0.4 is 5.32 Å². The Balaban J connectivity index is 1.58. The molecule has 2 atom stereocenters. The second-order valence-electron chi connectivity index (χ2n) is 5.75. The molecule has 0 aromatic heterocycles. The summed E-state index contributed by atoms with van der Waals surface area (Å²) in [5.41, 5.74) is 6.11. The maximum absolute atomic E-state index is 3.89. The van der Waals surface area contributed by atoms with Gasteiger partial charge in [-0.25, -0.2) is 0 Å². The zero-order chi connectivity index (χ0) is 12.7. The highest BCUT2D eigenvalue weighted by Crippen LogP contribution is 2.37. The van der Waals surface area contributed by atoms with E-state index in [0.29, 0.717) is 12.1 Å². The quantitative estimate of drug-likeness (QED) is 0.849. The second kappa shape index (κ2) is 4.50. The predicted molar refractivity (Wildman–Crippen MR) is 78.1 cm³/mol. The maximum atomic E-state index is 3.89. The van der Waals surface area contributed by atoms with Gasteiger partial charge in [0.05, 0.1) is 0 Å². The summed E-state index contributed by atoms with van der Waals surface area (Å²) in [7, 11) is 0. The van der Waals surface area contributed by atoms with Gasteiger partial charge in [-0.1, -0.05) is 48.5 Å². The van der Waals surface area contributed by atoms with E-state index in [1.165, 1.54) is 47.9 Å². The third-order valence-corrected chi connectivity index (χ3v) is 4.67. The number of hydrogen-bond donors (Lipinski definition) is 1. The van der Waals surface area contributed by atoms with Gasteiger partial charge in [0.2, 0.25) is 0 Å². The van der Waals surface area contributed by atoms with Crippen LogP contribution in [0.4, 0.5) is 0 Å². The molecule has 2 aromatic carbocycles. The maximum Gasteiger partial charge on any atom is 0.0331 e. The summed E-state index contributed by atoms with van der Waals surface area (Å²) in [5.74, 6) is 0. The van der Waals surface area contributed by atoms with Gasteiger partial charge in [-0.15, -0.1) is 0 Å². The van der Waals surface area contributed by atoms with Crippen LogP contribution in [0.2, 0.25) is 0 Å². The molecule has 4 rings (SSSR count). The first-order valence-electron chi connectivity index (χ1n) is 7.33. The van der Waals surface area contributed by atoms with Crippen LogP contribution in [0.5, 0.6) is 0 Å². The number of benzene rings is 2. The summed E-state index contributed by atoms with van der Waals surface area (Å²) in [6.07, 6.45) is 4.94. The molecule has 0 saturated heterocycles. The Bertz CT molecular complexity index is 549. The first kappa shape index (κ1) is 11.2. The van der Waals surface area contributed by atoms with Gasteiger partial charge in [0.1, 0.15) is 0 Å². The molecule has 96 valence electrons. The van der Waals surface area contributed by atoms with Crippen LogP contribution in [-0.2, 0) is 12.8 Å². The fourth-order valence-electron chi connectivity index (χ4n) is 3.70. The lowest BCUT2D eigenvalue weighted by atomic mass is 10.0. The largest absolute Gasteiger partial charge is 0.303 e. The van der Waals surface area contributed by atoms with Crippen LogP contribution in [0.25, 0.3) is 0 Å². The smallest absolute Gasteiger partial charge is 0.0331 e. The Morgan fingerprint density at radius 1 is 0.684 bits per heavy atom. The van der Waals surface area contributed by atoms with E-state index in [0.717, 1.165) is 0 Å². The minimum Gasteiger partial charge on any atom is -0.303 e. The van der Waals surface area contributed by atoms with Crippen LogP contribution in [0.15, 0.2) is 48.5 Å². The molecule has 0 bridgehead atoms. The molecule has 19 heavy (non-hydrogen) atoms. The Morgan fingerprint density at radius 3 is 1.68 bits per heavy atom. The highest BCUT2D eigenvalue weighted by molar-refractivity contribution is 5.37. The molecule has 0 aliphatic heterocycles. The van der Waals surface area contributed by atoms with E-state index < -0.39 is 0 Å². The summed E-state index contributed by atoms with van der Waals surface area (Å²) < 4.78 is 0. The highest BCUT2D eigenvalue weighted by Gasteiger charge is 2.28. The average Bonchev–Trinajstić information content (AvgIpc) is 3.05. The molecule has 0 unspecified atom stereocenters. The van der Waals surface area contributed by atoms with E-state index >= 15 is 0 Å². The monoisotopic (exact) mass is 249 g/mol. The fourth-order valence-corrected chi connectivity index (χ4v) is 3.70. The summed E-state index contributed by atoms with van der Waals surface area (Å²) >= 11 is 0. The lowest BCUT2D eigenvalue weighted by Gasteiger charge is -2.20. The molecule has 0 fully saturated rings. The summed E-state index contributed by atoms with van der Waals surface area (Å²) in [6.45, 7) is 0. The Kier molecular flexibility index (Phi) is 2.66. The van der Waals surface area contributed by atoms with Gasteiger partial charge in [-0.2, -0.15) is 0 Å². The lowest BCUT2D eigenvalue weighted by molar-refractivity contribution is 0.440. The molecule has 0 amide bonds. The Hall–Kier alpha value is -1.60. The van der Waals surface area contributed by atoms with Crippen molar-refractivity contribution >= 4 is 0 Å². The van der Waals surface area contributed by atoms with Crippen molar-refractivity contribution in [3.05, 3.63) is 70.8 Å². The first-order valence-corrected chi connectivity index (χ1v) is 7.33. The van der Waals surface area contributed by atoms with Gasteiger partial charge in [-0.3, -0.25) is 0 Å². The molecule has 1 heteroatoms. The topological polar surface area (TPSA) is 12.0 Å². The van der Waals surface area contributed by atoms with Crippen molar-refractivity contribution in [1.82, 2.24) is 5.32 Å². The van der Waals surface area contributed by atoms with Crippen LogP contribution in [0.3, 0.4) is 0 Å². The minimum atomic E-state index is 0.548. The zero-order valence-electron chi connectivity index (χ0n) is 11.1. The first-order chi connectivity index (χ1) is 9.42. The molecule has 0 saturated carbocycles.